The maximum Gasteiger partial charge on any atom is 0.310 e. The fourth-order valence-electron chi connectivity index (χ4n) is 1.99. The molecule has 0 saturated heterocycles. The molecule has 2 nitrogen and oxygen atoms in total. The predicted molar refractivity (Wildman–Crippen MR) is 59.7 cm³/mol. The third-order valence-corrected chi connectivity index (χ3v) is 3.81. The van der Waals surface area contributed by atoms with Crippen molar-refractivity contribution < 1.29 is 23.1 Å². The third kappa shape index (κ3) is 2.17. The van der Waals surface area contributed by atoms with Gasteiger partial charge >= 0.3 is 5.97 Å². The third-order valence-electron chi connectivity index (χ3n) is 2.87. The number of hydrogen-bond donors (Lipinski definition) is 1. The van der Waals surface area contributed by atoms with Crippen molar-refractivity contribution in [2.45, 2.75) is 16.7 Å². The van der Waals surface area contributed by atoms with Crippen molar-refractivity contribution in [1.82, 2.24) is 0 Å². The second-order valence-electron chi connectivity index (χ2n) is 4.09. The molecule has 0 aromatic heterocycles. The number of alkyl halides is 4. The Balaban J connectivity index is 2.39. The van der Waals surface area contributed by atoms with E-state index in [2.05, 4.69) is 0 Å². The summed E-state index contributed by atoms with van der Waals surface area (Å²) in [4.78, 5) is 10.9. The van der Waals surface area contributed by atoms with Crippen LogP contribution in [0.3, 0.4) is 0 Å². The molecule has 0 spiro atoms. The molecule has 2 rings (SSSR count). The van der Waals surface area contributed by atoms with E-state index in [0.717, 1.165) is 12.1 Å². The first-order valence-electron chi connectivity index (χ1n) is 4.94. The highest BCUT2D eigenvalue weighted by molar-refractivity contribution is 6.53. The first-order chi connectivity index (χ1) is 8.25. The van der Waals surface area contributed by atoms with E-state index in [9.17, 15) is 18.0 Å². The second kappa shape index (κ2) is 4.31. The monoisotopic (exact) mass is 298 g/mol. The second-order valence-corrected chi connectivity index (χ2v) is 5.53. The minimum Gasteiger partial charge on any atom is -0.481 e. The molecule has 1 aromatic rings. The number of carboxylic acids is 1. The van der Waals surface area contributed by atoms with Crippen LogP contribution in [-0.4, -0.2) is 15.4 Å². The smallest absolute Gasteiger partial charge is 0.310 e. The molecule has 0 unspecified atom stereocenters. The van der Waals surface area contributed by atoms with Gasteiger partial charge in [0.05, 0.1) is 5.92 Å². The lowest BCUT2D eigenvalue weighted by atomic mass is 10.1. The zero-order valence-electron chi connectivity index (χ0n) is 8.71. The summed E-state index contributed by atoms with van der Waals surface area (Å²) in [6.45, 7) is 0. The van der Waals surface area contributed by atoms with Crippen LogP contribution in [0.15, 0.2) is 18.2 Å². The Morgan fingerprint density at radius 3 is 2.39 bits per heavy atom. The van der Waals surface area contributed by atoms with Crippen LogP contribution in [0.5, 0.6) is 0 Å². The van der Waals surface area contributed by atoms with Gasteiger partial charge in [-0.1, -0.05) is 23.2 Å². The van der Waals surface area contributed by atoms with Gasteiger partial charge < -0.3 is 5.11 Å². The van der Waals surface area contributed by atoms with Crippen LogP contribution in [0, 0.1) is 11.7 Å². The van der Waals surface area contributed by atoms with E-state index in [1.165, 1.54) is 0 Å². The van der Waals surface area contributed by atoms with Crippen molar-refractivity contribution in [3.8, 4) is 0 Å². The predicted octanol–water partition coefficient (Wildman–Crippen LogP) is 3.74. The van der Waals surface area contributed by atoms with Crippen LogP contribution in [0.25, 0.3) is 0 Å². The van der Waals surface area contributed by atoms with Gasteiger partial charge in [0, 0.05) is 11.5 Å². The topological polar surface area (TPSA) is 37.3 Å². The first kappa shape index (κ1) is 13.5. The highest BCUT2D eigenvalue weighted by Crippen LogP contribution is 2.65. The Kier molecular flexibility index (Phi) is 3.23. The van der Waals surface area contributed by atoms with E-state index >= 15 is 0 Å². The molecule has 2 atom stereocenters. The number of hydrogen-bond acceptors (Lipinski definition) is 1. The standard InChI is InChI=1S/C11H7Cl2F3O2/c12-11(13)7(8(11)10(17)18)4-1-5(9(15)16)3-6(14)2-4/h1-3,7-9H,(H,17,18)/t7-,8+/m0/s1. The number of carbonyl (C=O) groups is 1. The van der Waals surface area contributed by atoms with Gasteiger partial charge in [0.15, 0.2) is 0 Å². The van der Waals surface area contributed by atoms with Gasteiger partial charge in [-0.2, -0.15) is 0 Å². The molecule has 1 aliphatic rings. The quantitative estimate of drug-likeness (QED) is 0.863. The summed E-state index contributed by atoms with van der Waals surface area (Å²) in [6, 6.07) is 2.69. The molecule has 0 amide bonds. The fraction of sp³-hybridized carbons (Fsp3) is 0.364. The van der Waals surface area contributed by atoms with E-state index in [1.54, 1.807) is 0 Å². The average Bonchev–Trinajstić information content (AvgIpc) is 2.80. The van der Waals surface area contributed by atoms with Crippen LogP contribution < -0.4 is 0 Å². The number of carboxylic acid groups (broad SMARTS) is 1. The molecule has 98 valence electrons. The van der Waals surface area contributed by atoms with E-state index in [0.29, 0.717) is 6.07 Å². The zero-order valence-corrected chi connectivity index (χ0v) is 10.2. The lowest BCUT2D eigenvalue weighted by molar-refractivity contribution is -0.138. The maximum atomic E-state index is 13.2. The van der Waals surface area contributed by atoms with Crippen molar-refractivity contribution in [3.05, 3.63) is 35.1 Å². The Morgan fingerprint density at radius 1 is 1.33 bits per heavy atom. The molecule has 1 aromatic carbocycles. The SMILES string of the molecule is O=C(O)[C@H]1[C@H](c2cc(F)cc(C(F)F)c2)C1(Cl)Cl. The minimum absolute atomic E-state index is 0.0719. The Hall–Kier alpha value is -0.940. The Labute approximate surface area is 110 Å². The van der Waals surface area contributed by atoms with Gasteiger partial charge in [0.1, 0.15) is 10.2 Å². The lowest BCUT2D eigenvalue weighted by Gasteiger charge is -2.05. The first-order valence-corrected chi connectivity index (χ1v) is 5.70. The van der Waals surface area contributed by atoms with Crippen molar-refractivity contribution in [2.24, 2.45) is 5.92 Å². The fourth-order valence-corrected chi connectivity index (χ4v) is 2.81. The van der Waals surface area contributed by atoms with Crippen LogP contribution in [0.4, 0.5) is 13.2 Å². The molecule has 0 radical (unpaired) electrons. The number of benzene rings is 1. The summed E-state index contributed by atoms with van der Waals surface area (Å²) in [5.74, 6) is -4.12. The minimum atomic E-state index is -2.85. The molecule has 0 aliphatic heterocycles. The summed E-state index contributed by atoms with van der Waals surface area (Å²) < 4.78 is 36.6. The van der Waals surface area contributed by atoms with Crippen LogP contribution in [0.1, 0.15) is 23.5 Å². The average molecular weight is 299 g/mol. The summed E-state index contributed by atoms with van der Waals surface area (Å²) >= 11 is 11.5. The van der Waals surface area contributed by atoms with E-state index in [-0.39, 0.29) is 5.56 Å². The van der Waals surface area contributed by atoms with Crippen LogP contribution in [-0.2, 0) is 4.79 Å². The van der Waals surface area contributed by atoms with Crippen molar-refractivity contribution >= 4 is 29.2 Å². The number of aliphatic carboxylic acids is 1. The van der Waals surface area contributed by atoms with E-state index < -0.39 is 39.9 Å². The van der Waals surface area contributed by atoms with Gasteiger partial charge in [-0.3, -0.25) is 4.79 Å². The van der Waals surface area contributed by atoms with Crippen molar-refractivity contribution in [3.63, 3.8) is 0 Å². The summed E-state index contributed by atoms with van der Waals surface area (Å²) in [7, 11) is 0. The molecule has 7 heteroatoms. The molecule has 0 bridgehead atoms. The van der Waals surface area contributed by atoms with Crippen molar-refractivity contribution in [1.29, 1.82) is 0 Å². The normalized spacial score (nSPS) is 25.2. The van der Waals surface area contributed by atoms with Gasteiger partial charge in [-0.05, 0) is 23.8 Å². The van der Waals surface area contributed by atoms with Gasteiger partial charge in [0.2, 0.25) is 0 Å². The molecule has 1 aliphatic carbocycles. The molecule has 1 N–H and O–H groups in total. The molecule has 1 saturated carbocycles. The highest BCUT2D eigenvalue weighted by atomic mass is 35.5. The van der Waals surface area contributed by atoms with E-state index in [4.69, 9.17) is 28.3 Å². The molecule has 1 fully saturated rings. The molecular weight excluding hydrogens is 292 g/mol. The molecule has 18 heavy (non-hydrogen) atoms. The Morgan fingerprint density at radius 2 is 1.94 bits per heavy atom. The van der Waals surface area contributed by atoms with Gasteiger partial charge in [-0.15, -0.1) is 0 Å². The number of halogens is 5. The molecular formula is C11H7Cl2F3O2. The van der Waals surface area contributed by atoms with Crippen LogP contribution >= 0.6 is 23.2 Å². The van der Waals surface area contributed by atoms with Gasteiger partial charge in [0.25, 0.3) is 6.43 Å². The summed E-state index contributed by atoms with van der Waals surface area (Å²) in [5, 5.41) is 8.86. The maximum absolute atomic E-state index is 13.2. The molecule has 0 heterocycles. The van der Waals surface area contributed by atoms with Crippen molar-refractivity contribution in [2.75, 3.05) is 0 Å². The summed E-state index contributed by atoms with van der Waals surface area (Å²) in [5.41, 5.74) is -0.451. The Bertz CT molecular complexity index is 505. The largest absolute Gasteiger partial charge is 0.481 e. The van der Waals surface area contributed by atoms with E-state index in [1.807, 2.05) is 0 Å². The van der Waals surface area contributed by atoms with Crippen LogP contribution in [0.2, 0.25) is 0 Å². The van der Waals surface area contributed by atoms with Gasteiger partial charge in [-0.25, -0.2) is 13.2 Å². The zero-order chi connectivity index (χ0) is 13.7. The number of rotatable bonds is 3. The lowest BCUT2D eigenvalue weighted by Crippen LogP contribution is -2.03. The summed E-state index contributed by atoms with van der Waals surface area (Å²) in [6.07, 6.45) is -2.85. The highest BCUT2D eigenvalue weighted by Gasteiger charge is 2.68.